The smallest absolute Gasteiger partial charge is 0.276 e. The fourth-order valence-electron chi connectivity index (χ4n) is 2.28. The number of aromatic nitrogens is 1. The Bertz CT molecular complexity index is 914. The maximum absolute atomic E-state index is 12.3. The van der Waals surface area contributed by atoms with E-state index in [1.54, 1.807) is 36.4 Å². The molecular weight excluding hydrogens is 306 g/mol. The van der Waals surface area contributed by atoms with E-state index in [1.165, 1.54) is 7.05 Å². The largest absolute Gasteiger partial charge is 0.455 e. The third-order valence-corrected chi connectivity index (χ3v) is 3.62. The number of carbonyl (C=O) groups excluding carboxylic acids is 1. The minimum Gasteiger partial charge on any atom is -0.455 e. The zero-order valence-electron chi connectivity index (χ0n) is 13.0. The van der Waals surface area contributed by atoms with Crippen LogP contribution in [0.5, 0.6) is 11.5 Å². The Morgan fingerprint density at radius 2 is 1.92 bits per heavy atom. The maximum atomic E-state index is 12.3. The quantitative estimate of drug-likeness (QED) is 0.336. The molecule has 2 aromatic carbocycles. The van der Waals surface area contributed by atoms with Crippen molar-refractivity contribution < 1.29 is 9.53 Å². The number of nitrogens with two attached hydrogens (primary N) is 2. The van der Waals surface area contributed by atoms with Gasteiger partial charge in [-0.15, -0.1) is 0 Å². The summed E-state index contributed by atoms with van der Waals surface area (Å²) in [5.74, 6) is 0.510. The van der Waals surface area contributed by atoms with E-state index in [4.69, 9.17) is 21.6 Å². The standard InChI is InChI=1S/C17H17N5O2/c1-22(17(19)20)16(23)13-9-10-3-2-4-14(15(10)21-13)24-12-7-5-11(18)6-8-12/h2-9,21H,18H2,1H3,(H3,19,20). The molecule has 0 radical (unpaired) electrons. The number of benzene rings is 2. The number of fused-ring (bicyclic) bond motifs is 1. The molecule has 3 rings (SSSR count). The number of guanidine groups is 1. The van der Waals surface area contributed by atoms with Crippen LogP contribution in [0.3, 0.4) is 0 Å². The molecule has 0 aliphatic heterocycles. The van der Waals surface area contributed by atoms with Gasteiger partial charge in [0.1, 0.15) is 11.4 Å². The van der Waals surface area contributed by atoms with Crippen molar-refractivity contribution in [3.05, 3.63) is 54.2 Å². The number of nitrogen functional groups attached to an aromatic ring is 1. The Morgan fingerprint density at radius 1 is 1.21 bits per heavy atom. The SMILES string of the molecule is CN(C(=N)N)C(=O)c1cc2cccc(Oc3ccc(N)cc3)c2[nH]1. The molecule has 1 heterocycles. The summed E-state index contributed by atoms with van der Waals surface area (Å²) in [6.07, 6.45) is 0. The molecule has 24 heavy (non-hydrogen) atoms. The average Bonchev–Trinajstić information content (AvgIpc) is 3.00. The Hall–Kier alpha value is -3.48. The highest BCUT2D eigenvalue weighted by Gasteiger charge is 2.17. The van der Waals surface area contributed by atoms with E-state index >= 15 is 0 Å². The van der Waals surface area contributed by atoms with Gasteiger partial charge in [-0.25, -0.2) is 0 Å². The molecule has 7 heteroatoms. The second-order valence-electron chi connectivity index (χ2n) is 5.32. The molecule has 0 atom stereocenters. The number of aromatic amines is 1. The van der Waals surface area contributed by atoms with Gasteiger partial charge in [0.15, 0.2) is 11.7 Å². The lowest BCUT2D eigenvalue weighted by molar-refractivity contribution is 0.0864. The van der Waals surface area contributed by atoms with Crippen LogP contribution in [0.1, 0.15) is 10.5 Å². The van der Waals surface area contributed by atoms with Crippen LogP contribution in [-0.4, -0.2) is 28.8 Å². The Labute approximate surface area is 138 Å². The number of nitrogens with zero attached hydrogens (tertiary/aromatic N) is 1. The summed E-state index contributed by atoms with van der Waals surface area (Å²) < 4.78 is 5.87. The van der Waals surface area contributed by atoms with Gasteiger partial charge in [0.25, 0.3) is 5.91 Å². The van der Waals surface area contributed by atoms with E-state index in [-0.39, 0.29) is 5.96 Å². The number of hydrogen-bond donors (Lipinski definition) is 4. The molecule has 0 aliphatic carbocycles. The Balaban J connectivity index is 1.97. The number of para-hydroxylation sites is 1. The van der Waals surface area contributed by atoms with E-state index in [2.05, 4.69) is 4.98 Å². The van der Waals surface area contributed by atoms with Crippen LogP contribution in [0.25, 0.3) is 10.9 Å². The van der Waals surface area contributed by atoms with Crippen LogP contribution in [-0.2, 0) is 0 Å². The number of ether oxygens (including phenoxy) is 1. The number of amides is 1. The minimum absolute atomic E-state index is 0.322. The first kappa shape index (κ1) is 15.4. The topological polar surface area (TPSA) is 121 Å². The van der Waals surface area contributed by atoms with Crippen LogP contribution < -0.4 is 16.2 Å². The lowest BCUT2D eigenvalue weighted by Crippen LogP contribution is -2.38. The molecular formula is C17H17N5O2. The first-order valence-corrected chi connectivity index (χ1v) is 7.23. The highest BCUT2D eigenvalue weighted by atomic mass is 16.5. The number of hydrogen-bond acceptors (Lipinski definition) is 4. The summed E-state index contributed by atoms with van der Waals surface area (Å²) in [5.41, 5.74) is 12.7. The zero-order chi connectivity index (χ0) is 17.3. The van der Waals surface area contributed by atoms with Crippen LogP contribution >= 0.6 is 0 Å². The normalized spacial score (nSPS) is 10.5. The third kappa shape index (κ3) is 2.87. The van der Waals surface area contributed by atoms with Crippen molar-refractivity contribution >= 4 is 28.5 Å². The van der Waals surface area contributed by atoms with Crippen LogP contribution in [0.4, 0.5) is 5.69 Å². The summed E-state index contributed by atoms with van der Waals surface area (Å²) in [4.78, 5) is 16.4. The van der Waals surface area contributed by atoms with Crippen molar-refractivity contribution in [2.24, 2.45) is 5.73 Å². The van der Waals surface area contributed by atoms with Gasteiger partial charge in [0.2, 0.25) is 0 Å². The van der Waals surface area contributed by atoms with Gasteiger partial charge in [-0.1, -0.05) is 12.1 Å². The Morgan fingerprint density at radius 3 is 2.58 bits per heavy atom. The monoisotopic (exact) mass is 323 g/mol. The first-order chi connectivity index (χ1) is 11.5. The van der Waals surface area contributed by atoms with Crippen molar-refractivity contribution in [2.75, 3.05) is 12.8 Å². The van der Waals surface area contributed by atoms with E-state index in [9.17, 15) is 4.79 Å². The zero-order valence-corrected chi connectivity index (χ0v) is 13.0. The molecule has 7 nitrogen and oxygen atoms in total. The summed E-state index contributed by atoms with van der Waals surface area (Å²) >= 11 is 0. The highest BCUT2D eigenvalue weighted by molar-refractivity contribution is 6.06. The third-order valence-electron chi connectivity index (χ3n) is 3.62. The fraction of sp³-hybridized carbons (Fsp3) is 0.0588. The molecule has 0 aliphatic rings. The predicted octanol–water partition coefficient (Wildman–Crippen LogP) is 2.51. The summed E-state index contributed by atoms with van der Waals surface area (Å²) in [5, 5.41) is 8.18. The summed E-state index contributed by atoms with van der Waals surface area (Å²) in [6, 6.07) is 14.3. The number of carbonyl (C=O) groups is 1. The molecule has 1 amide bonds. The molecule has 3 aromatic rings. The number of anilines is 1. The van der Waals surface area contributed by atoms with Crippen LogP contribution in [0.15, 0.2) is 48.5 Å². The van der Waals surface area contributed by atoms with Gasteiger partial charge in [-0.05, 0) is 36.4 Å². The molecule has 0 fully saturated rings. The van der Waals surface area contributed by atoms with Crippen molar-refractivity contribution in [2.45, 2.75) is 0 Å². The highest BCUT2D eigenvalue weighted by Crippen LogP contribution is 2.30. The maximum Gasteiger partial charge on any atom is 0.276 e. The lowest BCUT2D eigenvalue weighted by atomic mass is 10.2. The number of H-pyrrole nitrogens is 1. The Kier molecular flexibility index (Phi) is 3.83. The molecule has 0 saturated carbocycles. The molecule has 122 valence electrons. The van der Waals surface area contributed by atoms with Gasteiger partial charge in [0, 0.05) is 18.1 Å². The molecule has 1 aromatic heterocycles. The summed E-state index contributed by atoms with van der Waals surface area (Å²) in [6.45, 7) is 0. The van der Waals surface area contributed by atoms with Gasteiger partial charge in [-0.3, -0.25) is 15.1 Å². The summed E-state index contributed by atoms with van der Waals surface area (Å²) in [7, 11) is 1.45. The van der Waals surface area contributed by atoms with Crippen LogP contribution in [0, 0.1) is 5.41 Å². The van der Waals surface area contributed by atoms with E-state index in [0.717, 1.165) is 10.3 Å². The molecule has 0 bridgehead atoms. The van der Waals surface area contributed by atoms with Gasteiger partial charge in [0.05, 0.1) is 5.52 Å². The number of nitrogens with one attached hydrogen (secondary N) is 2. The fourth-order valence-corrected chi connectivity index (χ4v) is 2.28. The van der Waals surface area contributed by atoms with E-state index < -0.39 is 5.91 Å². The lowest BCUT2D eigenvalue weighted by Gasteiger charge is -2.12. The minimum atomic E-state index is -0.392. The van der Waals surface area contributed by atoms with Crippen molar-refractivity contribution in [1.29, 1.82) is 5.41 Å². The van der Waals surface area contributed by atoms with Crippen molar-refractivity contribution in [3.63, 3.8) is 0 Å². The van der Waals surface area contributed by atoms with Crippen LogP contribution in [0.2, 0.25) is 0 Å². The molecule has 6 N–H and O–H groups in total. The predicted molar refractivity (Wildman–Crippen MR) is 93.2 cm³/mol. The van der Waals surface area contributed by atoms with Gasteiger partial charge >= 0.3 is 0 Å². The van der Waals surface area contributed by atoms with Gasteiger partial charge < -0.3 is 21.2 Å². The van der Waals surface area contributed by atoms with Crippen molar-refractivity contribution in [1.82, 2.24) is 9.88 Å². The number of rotatable bonds is 3. The molecule has 0 unspecified atom stereocenters. The van der Waals surface area contributed by atoms with Crippen molar-refractivity contribution in [3.8, 4) is 11.5 Å². The molecule has 0 saturated heterocycles. The average molecular weight is 323 g/mol. The van der Waals surface area contributed by atoms with E-state index in [1.807, 2.05) is 12.1 Å². The first-order valence-electron chi connectivity index (χ1n) is 7.23. The van der Waals surface area contributed by atoms with Gasteiger partial charge in [-0.2, -0.15) is 0 Å². The van der Waals surface area contributed by atoms with E-state index in [0.29, 0.717) is 28.4 Å². The second kappa shape index (κ2) is 5.96. The molecule has 0 spiro atoms. The second-order valence-corrected chi connectivity index (χ2v) is 5.32.